The molecule has 2 aromatic rings. The number of anilines is 1. The van der Waals surface area contributed by atoms with Gasteiger partial charge in [-0.15, -0.1) is 11.8 Å². The minimum absolute atomic E-state index is 0.146. The summed E-state index contributed by atoms with van der Waals surface area (Å²) in [6.45, 7) is 3.70. The standard InChI is InChI=1S/C14H14Cl2N2O2S/c1-3-11(14(19)17-13-6-8(2)20-18-13)21-12-7-9(15)4-5-10(12)16/h4-7,11H,3H2,1-2H3,(H,17,18,19). The Balaban J connectivity index is 2.08. The van der Waals surface area contributed by atoms with E-state index in [0.717, 1.165) is 4.90 Å². The van der Waals surface area contributed by atoms with E-state index in [-0.39, 0.29) is 11.2 Å². The summed E-state index contributed by atoms with van der Waals surface area (Å²) in [6.07, 6.45) is 0.649. The Morgan fingerprint density at radius 3 is 2.81 bits per heavy atom. The highest BCUT2D eigenvalue weighted by atomic mass is 35.5. The number of carbonyl (C=O) groups is 1. The topological polar surface area (TPSA) is 55.1 Å². The highest BCUT2D eigenvalue weighted by molar-refractivity contribution is 8.00. The smallest absolute Gasteiger partial charge is 0.239 e. The summed E-state index contributed by atoms with van der Waals surface area (Å²) < 4.78 is 4.92. The van der Waals surface area contributed by atoms with Crippen LogP contribution in [0.15, 0.2) is 33.7 Å². The average molecular weight is 345 g/mol. The van der Waals surface area contributed by atoms with E-state index < -0.39 is 0 Å². The molecule has 1 aromatic carbocycles. The van der Waals surface area contributed by atoms with Crippen LogP contribution in [0.5, 0.6) is 0 Å². The number of nitrogens with zero attached hydrogens (tertiary/aromatic N) is 1. The number of aromatic nitrogens is 1. The lowest BCUT2D eigenvalue weighted by atomic mass is 10.3. The molecule has 7 heteroatoms. The molecule has 0 fully saturated rings. The van der Waals surface area contributed by atoms with Gasteiger partial charge in [0.1, 0.15) is 5.76 Å². The first kappa shape index (κ1) is 16.2. The first-order valence-corrected chi connectivity index (χ1v) is 7.99. The number of hydrogen-bond acceptors (Lipinski definition) is 4. The van der Waals surface area contributed by atoms with Crippen LogP contribution in [0.3, 0.4) is 0 Å². The van der Waals surface area contributed by atoms with E-state index in [4.69, 9.17) is 27.7 Å². The number of carbonyl (C=O) groups excluding carboxylic acids is 1. The van der Waals surface area contributed by atoms with Crippen LogP contribution in [0.4, 0.5) is 5.82 Å². The van der Waals surface area contributed by atoms with Gasteiger partial charge < -0.3 is 9.84 Å². The van der Waals surface area contributed by atoms with Crippen molar-refractivity contribution >= 4 is 46.7 Å². The predicted molar refractivity (Wildman–Crippen MR) is 86.3 cm³/mol. The molecule has 0 aliphatic rings. The van der Waals surface area contributed by atoms with Crippen LogP contribution in [0.1, 0.15) is 19.1 Å². The number of benzene rings is 1. The summed E-state index contributed by atoms with van der Waals surface area (Å²) >= 11 is 13.5. The summed E-state index contributed by atoms with van der Waals surface area (Å²) in [5, 5.41) is 7.35. The van der Waals surface area contributed by atoms with Crippen LogP contribution < -0.4 is 5.32 Å². The van der Waals surface area contributed by atoms with Gasteiger partial charge >= 0.3 is 0 Å². The third-order valence-corrected chi connectivity index (χ3v) is 4.81. The number of thioether (sulfide) groups is 1. The predicted octanol–water partition coefficient (Wildman–Crippen LogP) is 4.80. The van der Waals surface area contributed by atoms with Gasteiger partial charge in [-0.1, -0.05) is 35.3 Å². The van der Waals surface area contributed by atoms with Gasteiger partial charge in [0, 0.05) is 16.0 Å². The van der Waals surface area contributed by atoms with Gasteiger partial charge in [-0.2, -0.15) is 0 Å². The average Bonchev–Trinajstić information content (AvgIpc) is 2.84. The Morgan fingerprint density at radius 1 is 1.43 bits per heavy atom. The largest absolute Gasteiger partial charge is 0.360 e. The molecule has 0 radical (unpaired) electrons. The van der Waals surface area contributed by atoms with E-state index in [1.54, 1.807) is 31.2 Å². The van der Waals surface area contributed by atoms with Crippen LogP contribution in [-0.2, 0) is 4.79 Å². The maximum absolute atomic E-state index is 12.3. The molecular formula is C14H14Cl2N2O2S. The molecule has 2 rings (SSSR count). The first-order chi connectivity index (χ1) is 9.99. The molecule has 1 heterocycles. The normalized spacial score (nSPS) is 12.2. The minimum Gasteiger partial charge on any atom is -0.360 e. The number of halogens is 2. The second-order valence-electron chi connectivity index (χ2n) is 4.40. The molecule has 1 N–H and O–H groups in total. The Hall–Kier alpha value is -1.17. The lowest BCUT2D eigenvalue weighted by Gasteiger charge is -2.14. The lowest BCUT2D eigenvalue weighted by molar-refractivity contribution is -0.115. The maximum Gasteiger partial charge on any atom is 0.239 e. The highest BCUT2D eigenvalue weighted by Gasteiger charge is 2.20. The SMILES string of the molecule is CCC(Sc1cc(Cl)ccc1Cl)C(=O)Nc1cc(C)on1. The van der Waals surface area contributed by atoms with Gasteiger partial charge in [0.05, 0.1) is 10.3 Å². The Bertz CT molecular complexity index is 646. The van der Waals surface area contributed by atoms with Crippen molar-refractivity contribution in [2.24, 2.45) is 0 Å². The molecule has 1 atom stereocenters. The number of rotatable bonds is 5. The lowest BCUT2D eigenvalue weighted by Crippen LogP contribution is -2.24. The van der Waals surface area contributed by atoms with Crippen molar-refractivity contribution in [3.05, 3.63) is 40.1 Å². The summed E-state index contributed by atoms with van der Waals surface area (Å²) in [5.74, 6) is 0.907. The fourth-order valence-electron chi connectivity index (χ4n) is 1.68. The van der Waals surface area contributed by atoms with Crippen molar-refractivity contribution < 1.29 is 9.32 Å². The van der Waals surface area contributed by atoms with Crippen molar-refractivity contribution in [2.45, 2.75) is 30.4 Å². The van der Waals surface area contributed by atoms with Gasteiger partial charge in [0.15, 0.2) is 5.82 Å². The highest BCUT2D eigenvalue weighted by Crippen LogP contribution is 2.34. The molecule has 1 amide bonds. The molecule has 4 nitrogen and oxygen atoms in total. The third kappa shape index (κ3) is 4.40. The van der Waals surface area contributed by atoms with Gasteiger partial charge in [-0.25, -0.2) is 0 Å². The van der Waals surface area contributed by atoms with Gasteiger partial charge in [0.25, 0.3) is 0 Å². The second-order valence-corrected chi connectivity index (χ2v) is 6.49. The molecule has 0 saturated heterocycles. The molecule has 0 spiro atoms. The zero-order valence-electron chi connectivity index (χ0n) is 11.5. The van der Waals surface area contributed by atoms with E-state index in [2.05, 4.69) is 10.5 Å². The maximum atomic E-state index is 12.3. The van der Waals surface area contributed by atoms with Crippen LogP contribution in [0.2, 0.25) is 10.0 Å². The van der Waals surface area contributed by atoms with Gasteiger partial charge in [0.2, 0.25) is 5.91 Å². The zero-order valence-corrected chi connectivity index (χ0v) is 13.9. The second kappa shape index (κ2) is 7.20. The van der Waals surface area contributed by atoms with Crippen molar-refractivity contribution in [1.29, 1.82) is 0 Å². The minimum atomic E-state index is -0.294. The van der Waals surface area contributed by atoms with E-state index in [1.165, 1.54) is 11.8 Å². The van der Waals surface area contributed by atoms with E-state index in [9.17, 15) is 4.79 Å². The van der Waals surface area contributed by atoms with Crippen LogP contribution in [-0.4, -0.2) is 16.3 Å². The molecule has 0 bridgehead atoms. The molecule has 112 valence electrons. The van der Waals surface area contributed by atoms with E-state index in [0.29, 0.717) is 28.0 Å². The van der Waals surface area contributed by atoms with E-state index >= 15 is 0 Å². The summed E-state index contributed by atoms with van der Waals surface area (Å²) in [6, 6.07) is 6.86. The molecular weight excluding hydrogens is 331 g/mol. The van der Waals surface area contributed by atoms with Crippen molar-refractivity contribution in [1.82, 2.24) is 5.16 Å². The number of amides is 1. The quantitative estimate of drug-likeness (QED) is 0.791. The summed E-state index contributed by atoms with van der Waals surface area (Å²) in [4.78, 5) is 13.0. The van der Waals surface area contributed by atoms with Crippen LogP contribution >= 0.6 is 35.0 Å². The molecule has 1 unspecified atom stereocenters. The monoisotopic (exact) mass is 344 g/mol. The van der Waals surface area contributed by atoms with E-state index in [1.807, 2.05) is 6.92 Å². The number of aryl methyl sites for hydroxylation is 1. The van der Waals surface area contributed by atoms with Gasteiger partial charge in [-0.05, 0) is 31.5 Å². The molecule has 21 heavy (non-hydrogen) atoms. The van der Waals surface area contributed by atoms with Crippen molar-refractivity contribution in [3.63, 3.8) is 0 Å². The molecule has 1 aromatic heterocycles. The van der Waals surface area contributed by atoms with Crippen LogP contribution in [0.25, 0.3) is 0 Å². The third-order valence-electron chi connectivity index (χ3n) is 2.70. The van der Waals surface area contributed by atoms with Gasteiger partial charge in [-0.3, -0.25) is 4.79 Å². The molecule has 0 aliphatic carbocycles. The van der Waals surface area contributed by atoms with Crippen molar-refractivity contribution in [2.75, 3.05) is 5.32 Å². The fourth-order valence-corrected chi connectivity index (χ4v) is 3.18. The molecule has 0 saturated carbocycles. The fraction of sp³-hybridized carbons (Fsp3) is 0.286. The summed E-state index contributed by atoms with van der Waals surface area (Å²) in [7, 11) is 0. The Labute approximate surface area is 137 Å². The molecule has 0 aliphatic heterocycles. The number of hydrogen-bond donors (Lipinski definition) is 1. The summed E-state index contributed by atoms with van der Waals surface area (Å²) in [5.41, 5.74) is 0. The first-order valence-electron chi connectivity index (χ1n) is 6.35. The Kier molecular flexibility index (Phi) is 5.56. The van der Waals surface area contributed by atoms with Crippen LogP contribution in [0, 0.1) is 6.92 Å². The van der Waals surface area contributed by atoms with Crippen molar-refractivity contribution in [3.8, 4) is 0 Å². The number of nitrogens with one attached hydrogen (secondary N) is 1. The Morgan fingerprint density at radius 2 is 2.19 bits per heavy atom. The zero-order chi connectivity index (χ0) is 15.4.